The molecule has 1 aromatic carbocycles. The minimum atomic E-state index is -3.35. The molecule has 2 aromatic rings. The fourth-order valence-corrected chi connectivity index (χ4v) is 5.48. The minimum Gasteiger partial charge on any atom is -0.339 e. The molecule has 9 nitrogen and oxygen atoms in total. The van der Waals surface area contributed by atoms with Gasteiger partial charge < -0.3 is 14.7 Å². The Hall–Kier alpha value is -2.46. The van der Waals surface area contributed by atoms with Gasteiger partial charge in [-0.05, 0) is 32.4 Å². The average Bonchev–Trinajstić information content (AvgIpc) is 3.36. The Labute approximate surface area is 170 Å². The molecule has 2 fully saturated rings. The molecular formula is C19H25N5O4S. The second-order valence-electron chi connectivity index (χ2n) is 7.82. The number of nitrogens with zero attached hydrogens (tertiary/aromatic N) is 4. The smallest absolute Gasteiger partial charge is 0.321 e. The van der Waals surface area contributed by atoms with Gasteiger partial charge in [0.1, 0.15) is 0 Å². The number of rotatable bonds is 4. The van der Waals surface area contributed by atoms with Crippen LogP contribution in [0.15, 0.2) is 28.8 Å². The van der Waals surface area contributed by atoms with Gasteiger partial charge in [0.15, 0.2) is 5.82 Å². The number of aryl methyl sites for hydroxylation is 2. The molecule has 2 saturated heterocycles. The molecule has 29 heavy (non-hydrogen) atoms. The molecule has 2 amide bonds. The van der Waals surface area contributed by atoms with Crippen LogP contribution in [0, 0.1) is 19.8 Å². The van der Waals surface area contributed by atoms with E-state index in [2.05, 4.69) is 15.5 Å². The van der Waals surface area contributed by atoms with E-state index in [4.69, 9.17) is 4.52 Å². The molecule has 0 saturated carbocycles. The van der Waals surface area contributed by atoms with Crippen LogP contribution in [0.4, 0.5) is 10.5 Å². The van der Waals surface area contributed by atoms with Crippen molar-refractivity contribution in [2.24, 2.45) is 5.92 Å². The zero-order chi connectivity index (χ0) is 20.8. The van der Waals surface area contributed by atoms with Crippen LogP contribution in [0.25, 0.3) is 0 Å². The molecule has 1 aromatic heterocycles. The number of amides is 2. The van der Waals surface area contributed by atoms with Gasteiger partial charge in [0.05, 0.1) is 11.2 Å². The maximum Gasteiger partial charge on any atom is 0.321 e. The summed E-state index contributed by atoms with van der Waals surface area (Å²) >= 11 is 0. The van der Waals surface area contributed by atoms with Gasteiger partial charge in [-0.1, -0.05) is 23.4 Å². The molecule has 0 bridgehead atoms. The van der Waals surface area contributed by atoms with Crippen molar-refractivity contribution < 1.29 is 17.7 Å². The van der Waals surface area contributed by atoms with Crippen LogP contribution >= 0.6 is 0 Å². The molecule has 2 aliphatic rings. The number of carbonyl (C=O) groups is 1. The number of carbonyl (C=O) groups excluding carboxylic acids is 1. The highest BCUT2D eigenvalue weighted by molar-refractivity contribution is 7.89. The minimum absolute atomic E-state index is 0.0378. The Morgan fingerprint density at radius 2 is 2.03 bits per heavy atom. The number of hydrogen-bond acceptors (Lipinski definition) is 6. The molecule has 156 valence electrons. The van der Waals surface area contributed by atoms with Crippen molar-refractivity contribution in [1.82, 2.24) is 19.3 Å². The molecule has 0 spiro atoms. The first-order chi connectivity index (χ1) is 13.7. The van der Waals surface area contributed by atoms with Crippen molar-refractivity contribution in [2.75, 3.05) is 37.2 Å². The summed E-state index contributed by atoms with van der Waals surface area (Å²) in [6.07, 6.45) is 0. The number of urea groups is 1. The zero-order valence-electron chi connectivity index (χ0n) is 16.8. The largest absolute Gasteiger partial charge is 0.339 e. The van der Waals surface area contributed by atoms with Crippen molar-refractivity contribution in [3.8, 4) is 0 Å². The number of benzene rings is 1. The number of nitrogens with one attached hydrogen (secondary N) is 1. The zero-order valence-corrected chi connectivity index (χ0v) is 17.6. The van der Waals surface area contributed by atoms with E-state index < -0.39 is 15.4 Å². The second kappa shape index (κ2) is 7.10. The van der Waals surface area contributed by atoms with E-state index in [1.165, 1.54) is 4.31 Å². The molecule has 3 heterocycles. The monoisotopic (exact) mass is 419 g/mol. The van der Waals surface area contributed by atoms with E-state index in [0.717, 1.165) is 11.3 Å². The third kappa shape index (κ3) is 3.40. The van der Waals surface area contributed by atoms with E-state index in [1.807, 2.05) is 31.2 Å². The fraction of sp³-hybridized carbons (Fsp3) is 0.526. The van der Waals surface area contributed by atoms with Crippen molar-refractivity contribution in [1.29, 1.82) is 0 Å². The highest BCUT2D eigenvalue weighted by Gasteiger charge is 2.59. The van der Waals surface area contributed by atoms with Crippen LogP contribution in [-0.2, 0) is 15.4 Å². The summed E-state index contributed by atoms with van der Waals surface area (Å²) < 4.78 is 31.9. The number of fused-ring (bicyclic) bond motifs is 1. The lowest BCUT2D eigenvalue weighted by molar-refractivity contribution is 0.212. The maximum absolute atomic E-state index is 12.9. The van der Waals surface area contributed by atoms with E-state index in [9.17, 15) is 13.2 Å². The Bertz CT molecular complexity index is 1040. The highest BCUT2D eigenvalue weighted by atomic mass is 32.2. The summed E-state index contributed by atoms with van der Waals surface area (Å²) in [5, 5.41) is 6.86. The number of hydrogen-bond donors (Lipinski definition) is 1. The van der Waals surface area contributed by atoms with Gasteiger partial charge in [0.2, 0.25) is 15.9 Å². The van der Waals surface area contributed by atoms with Gasteiger partial charge in [0.25, 0.3) is 0 Å². The molecule has 0 unspecified atom stereocenters. The van der Waals surface area contributed by atoms with E-state index in [0.29, 0.717) is 31.3 Å². The molecule has 4 rings (SSSR count). The Morgan fingerprint density at radius 1 is 1.28 bits per heavy atom. The van der Waals surface area contributed by atoms with E-state index >= 15 is 0 Å². The lowest BCUT2D eigenvalue weighted by Crippen LogP contribution is -2.42. The van der Waals surface area contributed by atoms with E-state index in [1.54, 1.807) is 18.7 Å². The van der Waals surface area contributed by atoms with Crippen molar-refractivity contribution in [3.05, 3.63) is 41.5 Å². The van der Waals surface area contributed by atoms with Gasteiger partial charge in [0, 0.05) is 37.8 Å². The number of para-hydroxylation sites is 1. The molecule has 0 radical (unpaired) electrons. The Morgan fingerprint density at radius 3 is 2.69 bits per heavy atom. The molecule has 10 heteroatoms. The average molecular weight is 420 g/mol. The summed E-state index contributed by atoms with van der Waals surface area (Å²) in [5.74, 6) is 0.829. The Balaban J connectivity index is 1.60. The molecule has 2 atom stereocenters. The predicted molar refractivity (Wildman–Crippen MR) is 107 cm³/mol. The van der Waals surface area contributed by atoms with Gasteiger partial charge in [-0.25, -0.2) is 17.5 Å². The first-order valence-electron chi connectivity index (χ1n) is 9.65. The number of anilines is 1. The summed E-state index contributed by atoms with van der Waals surface area (Å²) in [4.78, 5) is 19.0. The molecule has 0 aliphatic carbocycles. The highest BCUT2D eigenvalue weighted by Crippen LogP contribution is 2.45. The molecule has 2 aliphatic heterocycles. The lowest BCUT2D eigenvalue weighted by Gasteiger charge is -2.26. The first kappa shape index (κ1) is 19.8. The first-order valence-corrected chi connectivity index (χ1v) is 11.3. The molecular weight excluding hydrogens is 394 g/mol. The molecule has 1 N–H and O–H groups in total. The quantitative estimate of drug-likeness (QED) is 0.809. The van der Waals surface area contributed by atoms with Crippen molar-refractivity contribution >= 4 is 21.7 Å². The van der Waals surface area contributed by atoms with Gasteiger partial charge in [-0.3, -0.25) is 0 Å². The van der Waals surface area contributed by atoms with Crippen molar-refractivity contribution in [2.45, 2.75) is 26.2 Å². The Kier molecular flexibility index (Phi) is 4.86. The number of aromatic nitrogens is 2. The fourth-order valence-electron chi connectivity index (χ4n) is 4.28. The third-order valence-electron chi connectivity index (χ3n) is 5.96. The SMILES string of the molecule is CCS(=O)(=O)N1C[C@@H]2CN(C(=O)Nc3ccccc3C)C[C@]2(c2nc(C)no2)C1. The second-order valence-corrected chi connectivity index (χ2v) is 10.1. The number of likely N-dealkylation sites (tertiary alicyclic amines) is 1. The van der Waals surface area contributed by atoms with Crippen LogP contribution in [0.1, 0.15) is 24.2 Å². The van der Waals surface area contributed by atoms with Gasteiger partial charge >= 0.3 is 6.03 Å². The van der Waals surface area contributed by atoms with Gasteiger partial charge in [-0.15, -0.1) is 0 Å². The topological polar surface area (TPSA) is 109 Å². The number of sulfonamides is 1. The van der Waals surface area contributed by atoms with Crippen molar-refractivity contribution in [3.63, 3.8) is 0 Å². The standard InChI is InChI=1S/C19H25N5O4S/c1-4-29(26,27)24-10-15-9-23(18(25)21-16-8-6-5-7-13(16)2)11-19(15,12-24)17-20-14(3)22-28-17/h5-8,15H,4,9-12H2,1-3H3,(H,21,25)/t15-,19-/m0/s1. The predicted octanol–water partition coefficient (Wildman–Crippen LogP) is 1.75. The third-order valence-corrected chi connectivity index (χ3v) is 7.76. The van der Waals surface area contributed by atoms with Crippen LogP contribution in [0.5, 0.6) is 0 Å². The summed E-state index contributed by atoms with van der Waals surface area (Å²) in [6, 6.07) is 7.37. The summed E-state index contributed by atoms with van der Waals surface area (Å²) in [5.41, 5.74) is 1.04. The van der Waals surface area contributed by atoms with Crippen LogP contribution in [0.2, 0.25) is 0 Å². The van der Waals surface area contributed by atoms with Crippen LogP contribution < -0.4 is 5.32 Å². The summed E-state index contributed by atoms with van der Waals surface area (Å²) in [7, 11) is -3.35. The summed E-state index contributed by atoms with van der Waals surface area (Å²) in [6.45, 7) is 6.63. The lowest BCUT2D eigenvalue weighted by atomic mass is 9.81. The van der Waals surface area contributed by atoms with Crippen LogP contribution in [-0.4, -0.2) is 65.7 Å². The van der Waals surface area contributed by atoms with Crippen LogP contribution in [0.3, 0.4) is 0 Å². The maximum atomic E-state index is 12.9. The van der Waals surface area contributed by atoms with Gasteiger partial charge in [-0.2, -0.15) is 4.98 Å². The van der Waals surface area contributed by atoms with E-state index in [-0.39, 0.29) is 24.2 Å². The normalized spacial score (nSPS) is 24.7.